The van der Waals surface area contributed by atoms with E-state index in [1.807, 2.05) is 44.2 Å². The molecule has 6 nitrogen and oxygen atoms in total. The predicted octanol–water partition coefficient (Wildman–Crippen LogP) is 4.15. The third-order valence-corrected chi connectivity index (χ3v) is 4.56. The number of aryl methyl sites for hydroxylation is 2. The van der Waals surface area contributed by atoms with E-state index in [9.17, 15) is 9.59 Å². The molecule has 0 unspecified atom stereocenters. The second kappa shape index (κ2) is 10.2. The van der Waals surface area contributed by atoms with Crippen LogP contribution < -0.4 is 15.4 Å². The minimum Gasteiger partial charge on any atom is -0.494 e. The molecule has 1 heterocycles. The van der Waals surface area contributed by atoms with Gasteiger partial charge in [0.05, 0.1) is 17.9 Å². The third-order valence-electron chi connectivity index (χ3n) is 4.56. The molecule has 6 heteroatoms. The standard InChI is InChI=1S/C24H25N3O3/c1-17-6-3-8-20(16-17)30-15-5-12-26-24(29)21-9-4-7-18(2)22(21)27-23(28)19-10-13-25-14-11-19/h3-4,6-11,13-14,16H,5,12,15H2,1-2H3,(H,26,29)(H,27,28). The first kappa shape index (κ1) is 21.0. The number of para-hydroxylation sites is 1. The van der Waals surface area contributed by atoms with Crippen LogP contribution in [0.4, 0.5) is 5.69 Å². The first-order chi connectivity index (χ1) is 14.5. The van der Waals surface area contributed by atoms with Crippen molar-refractivity contribution >= 4 is 17.5 Å². The van der Waals surface area contributed by atoms with Crippen molar-refractivity contribution in [3.8, 4) is 5.75 Å². The number of nitrogens with zero attached hydrogens (tertiary/aromatic N) is 1. The molecule has 0 saturated heterocycles. The van der Waals surface area contributed by atoms with Gasteiger partial charge in [0.2, 0.25) is 0 Å². The van der Waals surface area contributed by atoms with Crippen molar-refractivity contribution in [3.05, 3.63) is 89.2 Å². The Labute approximate surface area is 176 Å². The highest BCUT2D eigenvalue weighted by atomic mass is 16.5. The number of rotatable bonds is 8. The molecule has 0 aliphatic heterocycles. The molecule has 0 saturated carbocycles. The zero-order chi connectivity index (χ0) is 21.3. The van der Waals surface area contributed by atoms with Crippen LogP contribution in [0.5, 0.6) is 5.75 Å². The van der Waals surface area contributed by atoms with Gasteiger partial charge in [-0.1, -0.05) is 24.3 Å². The average molecular weight is 403 g/mol. The van der Waals surface area contributed by atoms with Gasteiger partial charge in [-0.15, -0.1) is 0 Å². The highest BCUT2D eigenvalue weighted by molar-refractivity contribution is 6.09. The van der Waals surface area contributed by atoms with Gasteiger partial charge in [-0.2, -0.15) is 0 Å². The Morgan fingerprint density at radius 1 is 0.967 bits per heavy atom. The fourth-order valence-corrected chi connectivity index (χ4v) is 2.98. The lowest BCUT2D eigenvalue weighted by atomic mass is 10.1. The molecule has 0 radical (unpaired) electrons. The van der Waals surface area contributed by atoms with Gasteiger partial charge >= 0.3 is 0 Å². The van der Waals surface area contributed by atoms with Gasteiger partial charge in [0.15, 0.2) is 0 Å². The number of nitrogens with one attached hydrogen (secondary N) is 2. The number of amides is 2. The number of aromatic nitrogens is 1. The zero-order valence-corrected chi connectivity index (χ0v) is 17.1. The maximum absolute atomic E-state index is 12.7. The van der Waals surface area contributed by atoms with E-state index in [1.54, 1.807) is 36.7 Å². The lowest BCUT2D eigenvalue weighted by Crippen LogP contribution is -2.27. The molecule has 3 aromatic rings. The largest absolute Gasteiger partial charge is 0.494 e. The molecular weight excluding hydrogens is 378 g/mol. The molecule has 0 spiro atoms. The summed E-state index contributed by atoms with van der Waals surface area (Å²) < 4.78 is 5.71. The molecule has 2 aromatic carbocycles. The number of carbonyl (C=O) groups excluding carboxylic acids is 2. The number of ether oxygens (including phenoxy) is 1. The number of hydrogen-bond donors (Lipinski definition) is 2. The lowest BCUT2D eigenvalue weighted by molar-refractivity contribution is 0.0952. The van der Waals surface area contributed by atoms with Crippen LogP contribution in [-0.2, 0) is 0 Å². The average Bonchev–Trinajstić information content (AvgIpc) is 2.75. The zero-order valence-electron chi connectivity index (χ0n) is 17.1. The van der Waals surface area contributed by atoms with Crippen molar-refractivity contribution in [2.75, 3.05) is 18.5 Å². The van der Waals surface area contributed by atoms with E-state index in [0.29, 0.717) is 36.4 Å². The van der Waals surface area contributed by atoms with E-state index in [4.69, 9.17) is 4.74 Å². The Bertz CT molecular complexity index is 1020. The Kier molecular flexibility index (Phi) is 7.16. The van der Waals surface area contributed by atoms with Crippen molar-refractivity contribution in [2.45, 2.75) is 20.3 Å². The molecule has 0 aliphatic carbocycles. The SMILES string of the molecule is Cc1cccc(OCCCNC(=O)c2cccc(C)c2NC(=O)c2ccncc2)c1. The van der Waals surface area contributed by atoms with E-state index in [1.165, 1.54) is 0 Å². The Balaban J connectivity index is 1.56. The topological polar surface area (TPSA) is 80.3 Å². The molecule has 2 amide bonds. The van der Waals surface area contributed by atoms with Crippen LogP contribution in [0.25, 0.3) is 0 Å². The summed E-state index contributed by atoms with van der Waals surface area (Å²) in [6.45, 7) is 4.84. The molecule has 0 aliphatic rings. The summed E-state index contributed by atoms with van der Waals surface area (Å²) in [6.07, 6.45) is 3.78. The van der Waals surface area contributed by atoms with Crippen LogP contribution in [-0.4, -0.2) is 29.9 Å². The van der Waals surface area contributed by atoms with E-state index in [2.05, 4.69) is 15.6 Å². The molecule has 0 bridgehead atoms. The van der Waals surface area contributed by atoms with Crippen LogP contribution >= 0.6 is 0 Å². The third kappa shape index (κ3) is 5.67. The number of hydrogen-bond acceptors (Lipinski definition) is 4. The fraction of sp³-hybridized carbons (Fsp3) is 0.208. The van der Waals surface area contributed by atoms with Crippen molar-refractivity contribution in [3.63, 3.8) is 0 Å². The second-order valence-corrected chi connectivity index (χ2v) is 6.96. The Morgan fingerprint density at radius 2 is 1.73 bits per heavy atom. The van der Waals surface area contributed by atoms with Crippen LogP contribution in [0.2, 0.25) is 0 Å². The summed E-state index contributed by atoms with van der Waals surface area (Å²) in [7, 11) is 0. The van der Waals surface area contributed by atoms with Gasteiger partial charge < -0.3 is 15.4 Å². The van der Waals surface area contributed by atoms with Gasteiger partial charge in [-0.3, -0.25) is 14.6 Å². The van der Waals surface area contributed by atoms with E-state index in [0.717, 1.165) is 16.9 Å². The number of carbonyl (C=O) groups is 2. The molecular formula is C24H25N3O3. The lowest BCUT2D eigenvalue weighted by Gasteiger charge is -2.14. The van der Waals surface area contributed by atoms with Gasteiger partial charge in [0, 0.05) is 24.5 Å². The first-order valence-electron chi connectivity index (χ1n) is 9.83. The second-order valence-electron chi connectivity index (χ2n) is 6.96. The van der Waals surface area contributed by atoms with Crippen molar-refractivity contribution in [1.82, 2.24) is 10.3 Å². The fourth-order valence-electron chi connectivity index (χ4n) is 2.98. The molecule has 1 aromatic heterocycles. The van der Waals surface area contributed by atoms with Crippen LogP contribution in [0, 0.1) is 13.8 Å². The smallest absolute Gasteiger partial charge is 0.255 e. The van der Waals surface area contributed by atoms with Crippen LogP contribution in [0.3, 0.4) is 0 Å². The van der Waals surface area contributed by atoms with Gasteiger partial charge in [0.1, 0.15) is 5.75 Å². The van der Waals surface area contributed by atoms with Crippen LogP contribution in [0.1, 0.15) is 38.3 Å². The summed E-state index contributed by atoms with van der Waals surface area (Å²) in [5.41, 5.74) is 3.37. The first-order valence-corrected chi connectivity index (χ1v) is 9.83. The summed E-state index contributed by atoms with van der Waals surface area (Å²) in [6, 6.07) is 16.5. The van der Waals surface area contributed by atoms with Crippen molar-refractivity contribution in [2.24, 2.45) is 0 Å². The monoisotopic (exact) mass is 403 g/mol. The Hall–Kier alpha value is -3.67. The maximum Gasteiger partial charge on any atom is 0.255 e. The minimum atomic E-state index is -0.285. The summed E-state index contributed by atoms with van der Waals surface area (Å²) in [5.74, 6) is 0.299. The normalized spacial score (nSPS) is 10.3. The molecule has 154 valence electrons. The molecule has 3 rings (SSSR count). The summed E-state index contributed by atoms with van der Waals surface area (Å²) >= 11 is 0. The highest BCUT2D eigenvalue weighted by Crippen LogP contribution is 2.21. The maximum atomic E-state index is 12.7. The van der Waals surface area contributed by atoms with Crippen LogP contribution in [0.15, 0.2) is 67.0 Å². The Morgan fingerprint density at radius 3 is 2.50 bits per heavy atom. The summed E-state index contributed by atoms with van der Waals surface area (Å²) in [4.78, 5) is 29.1. The van der Waals surface area contributed by atoms with Gasteiger partial charge in [-0.25, -0.2) is 0 Å². The van der Waals surface area contributed by atoms with Gasteiger partial charge in [0.25, 0.3) is 11.8 Å². The molecule has 0 atom stereocenters. The van der Waals surface area contributed by atoms with E-state index >= 15 is 0 Å². The molecule has 2 N–H and O–H groups in total. The highest BCUT2D eigenvalue weighted by Gasteiger charge is 2.16. The van der Waals surface area contributed by atoms with E-state index in [-0.39, 0.29) is 11.8 Å². The summed E-state index contributed by atoms with van der Waals surface area (Å²) in [5, 5.41) is 5.75. The quantitative estimate of drug-likeness (QED) is 0.554. The van der Waals surface area contributed by atoms with Crippen molar-refractivity contribution in [1.29, 1.82) is 0 Å². The minimum absolute atomic E-state index is 0.237. The number of pyridine rings is 1. The number of benzene rings is 2. The molecule has 0 fully saturated rings. The predicted molar refractivity (Wildman–Crippen MR) is 117 cm³/mol. The van der Waals surface area contributed by atoms with Gasteiger partial charge in [-0.05, 0) is 61.7 Å². The van der Waals surface area contributed by atoms with E-state index < -0.39 is 0 Å². The number of anilines is 1. The molecule has 30 heavy (non-hydrogen) atoms. The van der Waals surface area contributed by atoms with Crippen molar-refractivity contribution < 1.29 is 14.3 Å².